The zero-order chi connectivity index (χ0) is 32.6. The highest BCUT2D eigenvalue weighted by Gasteiger charge is 2.41. The van der Waals surface area contributed by atoms with E-state index in [4.69, 9.17) is 9.47 Å². The first-order valence-corrected chi connectivity index (χ1v) is 17.3. The van der Waals surface area contributed by atoms with Gasteiger partial charge in [0.05, 0.1) is 24.8 Å². The van der Waals surface area contributed by atoms with E-state index in [-0.39, 0.29) is 36.2 Å². The molecule has 0 radical (unpaired) electrons. The van der Waals surface area contributed by atoms with Crippen LogP contribution in [0, 0.1) is 11.3 Å². The molecule has 6 rings (SSSR count). The summed E-state index contributed by atoms with van der Waals surface area (Å²) in [6.07, 6.45) is 8.02. The Hall–Kier alpha value is -4.06. The molecule has 1 spiro atoms. The number of aromatic nitrogens is 1. The highest BCUT2D eigenvalue weighted by atomic mass is 32.1. The number of fused-ring (bicyclic) bond motifs is 1. The summed E-state index contributed by atoms with van der Waals surface area (Å²) in [7, 11) is 1.63. The van der Waals surface area contributed by atoms with Crippen molar-refractivity contribution in [2.75, 3.05) is 45.3 Å². The summed E-state index contributed by atoms with van der Waals surface area (Å²) >= 11 is 1.40. The molecule has 1 aromatic heterocycles. The molecule has 10 nitrogen and oxygen atoms in total. The van der Waals surface area contributed by atoms with Crippen molar-refractivity contribution in [3.8, 4) is 17.0 Å². The molecule has 3 aromatic rings. The van der Waals surface area contributed by atoms with E-state index < -0.39 is 11.5 Å². The number of carbonyl (C=O) groups is 3. The molecule has 248 valence electrons. The number of piperidine rings is 1. The van der Waals surface area contributed by atoms with Crippen LogP contribution in [0.5, 0.6) is 5.75 Å². The third kappa shape index (κ3) is 8.27. The largest absolute Gasteiger partial charge is 0.497 e. The topological polar surface area (TPSA) is 122 Å². The van der Waals surface area contributed by atoms with Gasteiger partial charge in [-0.25, -0.2) is 4.98 Å². The summed E-state index contributed by atoms with van der Waals surface area (Å²) in [5.41, 5.74) is 2.15. The Labute approximate surface area is 279 Å². The number of likely N-dealkylation sites (tertiary alicyclic amines) is 1. The maximum Gasteiger partial charge on any atom is 0.243 e. The van der Waals surface area contributed by atoms with Gasteiger partial charge in [0.1, 0.15) is 11.8 Å². The molecule has 0 bridgehead atoms. The van der Waals surface area contributed by atoms with Crippen molar-refractivity contribution in [1.82, 2.24) is 20.5 Å². The van der Waals surface area contributed by atoms with Gasteiger partial charge in [-0.3, -0.25) is 19.3 Å². The van der Waals surface area contributed by atoms with Crippen LogP contribution in [0.25, 0.3) is 11.3 Å². The van der Waals surface area contributed by atoms with Crippen molar-refractivity contribution in [3.63, 3.8) is 0 Å². The molecule has 0 aliphatic carbocycles. The Morgan fingerprint density at radius 3 is 2.64 bits per heavy atom. The third-order valence-corrected chi connectivity index (χ3v) is 10.4. The lowest BCUT2D eigenvalue weighted by Gasteiger charge is -2.40. The van der Waals surface area contributed by atoms with Gasteiger partial charge in [0.15, 0.2) is 5.13 Å². The van der Waals surface area contributed by atoms with Crippen molar-refractivity contribution in [3.05, 3.63) is 77.7 Å². The summed E-state index contributed by atoms with van der Waals surface area (Å²) < 4.78 is 10.9. The molecule has 3 atom stereocenters. The normalized spacial score (nSPS) is 24.1. The number of anilines is 1. The van der Waals surface area contributed by atoms with Crippen LogP contribution in [-0.4, -0.2) is 79.6 Å². The van der Waals surface area contributed by atoms with Crippen molar-refractivity contribution < 1.29 is 23.9 Å². The quantitative estimate of drug-likeness (QED) is 0.322. The maximum absolute atomic E-state index is 13.8. The smallest absolute Gasteiger partial charge is 0.243 e. The molecule has 11 heteroatoms. The van der Waals surface area contributed by atoms with Gasteiger partial charge in [0.2, 0.25) is 17.7 Å². The van der Waals surface area contributed by atoms with Crippen LogP contribution in [0.2, 0.25) is 0 Å². The number of benzene rings is 2. The van der Waals surface area contributed by atoms with E-state index in [1.807, 2.05) is 60.0 Å². The van der Waals surface area contributed by atoms with Crippen LogP contribution in [0.4, 0.5) is 5.13 Å². The van der Waals surface area contributed by atoms with Crippen LogP contribution in [0.3, 0.4) is 0 Å². The lowest BCUT2D eigenvalue weighted by atomic mass is 9.75. The number of nitrogens with one attached hydrogen (secondary N) is 3. The minimum atomic E-state index is -0.682. The van der Waals surface area contributed by atoms with Gasteiger partial charge >= 0.3 is 0 Å². The summed E-state index contributed by atoms with van der Waals surface area (Å²) in [5, 5.41) is 11.9. The Kier molecular flexibility index (Phi) is 10.6. The van der Waals surface area contributed by atoms with E-state index in [0.29, 0.717) is 63.5 Å². The number of ether oxygens (including phenoxy) is 2. The number of carbonyl (C=O) groups excluding carboxylic acids is 3. The van der Waals surface area contributed by atoms with E-state index in [1.165, 1.54) is 11.3 Å². The van der Waals surface area contributed by atoms with E-state index in [0.717, 1.165) is 29.0 Å². The molecule has 3 aliphatic rings. The number of rotatable bonds is 7. The first-order valence-electron chi connectivity index (χ1n) is 16.4. The molecule has 2 saturated heterocycles. The standard InChI is InChI=1S/C36H43N5O5S/c1-45-28-12-10-26(11-13-28)31-24-47-35(39-31)40-32(42)23-41-18-14-29-27(22-41)9-5-6-15-36(16-19-46-20-17-36)34(44)38-30(33(43)37-29)21-25-7-3-2-4-8-25/h2-8,10-13,24,27,29-30H,9,14-23H2,1H3,(H,37,43)(H,38,44)(H,39,40,42)/b6-5+/t27-,29+,30+/m0/s1. The number of methoxy groups -OCH3 is 1. The van der Waals surface area contributed by atoms with Crippen LogP contribution in [0.1, 0.15) is 37.7 Å². The van der Waals surface area contributed by atoms with E-state index in [2.05, 4.69) is 38.0 Å². The van der Waals surface area contributed by atoms with Gasteiger partial charge in [0.25, 0.3) is 0 Å². The summed E-state index contributed by atoms with van der Waals surface area (Å²) in [6, 6.07) is 16.7. The Morgan fingerprint density at radius 2 is 1.87 bits per heavy atom. The van der Waals surface area contributed by atoms with Crippen molar-refractivity contribution in [1.29, 1.82) is 0 Å². The van der Waals surface area contributed by atoms with Crippen LogP contribution in [0.15, 0.2) is 72.1 Å². The zero-order valence-electron chi connectivity index (χ0n) is 26.8. The monoisotopic (exact) mass is 657 g/mol. The van der Waals surface area contributed by atoms with Gasteiger partial charge in [-0.15, -0.1) is 11.3 Å². The number of amides is 3. The zero-order valence-corrected chi connectivity index (χ0v) is 27.6. The second-order valence-electron chi connectivity index (χ2n) is 12.7. The number of nitrogens with zero attached hydrogens (tertiary/aromatic N) is 2. The SMILES string of the molecule is COc1ccc(-c2csc(NC(=O)CN3CC[C@H]4NC(=O)[C@@H](Cc5ccccc5)NC(=O)C5(C/C=C/C[C@H]4C3)CCOCC5)n2)cc1. The fraction of sp³-hybridized carbons (Fsp3) is 0.444. The fourth-order valence-electron chi connectivity index (χ4n) is 6.79. The molecule has 4 heterocycles. The van der Waals surface area contributed by atoms with Gasteiger partial charge in [-0.1, -0.05) is 42.5 Å². The molecule has 3 amide bonds. The number of hydrogen-bond acceptors (Lipinski definition) is 8. The molecular weight excluding hydrogens is 614 g/mol. The summed E-state index contributed by atoms with van der Waals surface area (Å²) in [6.45, 7) is 2.65. The fourth-order valence-corrected chi connectivity index (χ4v) is 7.52. The number of thiazole rings is 1. The Bertz CT molecular complexity index is 1550. The van der Waals surface area contributed by atoms with Crippen molar-refractivity contribution >= 4 is 34.2 Å². The Balaban J connectivity index is 1.12. The molecule has 3 aliphatic heterocycles. The van der Waals surface area contributed by atoms with E-state index in [1.54, 1.807) is 7.11 Å². The molecule has 0 unspecified atom stereocenters. The molecule has 47 heavy (non-hydrogen) atoms. The molecule has 3 N–H and O–H groups in total. The Morgan fingerprint density at radius 1 is 1.09 bits per heavy atom. The molecule has 2 fully saturated rings. The summed E-state index contributed by atoms with van der Waals surface area (Å²) in [4.78, 5) is 47.5. The maximum atomic E-state index is 13.8. The summed E-state index contributed by atoms with van der Waals surface area (Å²) in [5.74, 6) is 0.553. The lowest BCUT2D eigenvalue weighted by molar-refractivity contribution is -0.140. The van der Waals surface area contributed by atoms with Gasteiger partial charge in [-0.05, 0) is 67.9 Å². The average molecular weight is 658 g/mol. The highest BCUT2D eigenvalue weighted by Crippen LogP contribution is 2.36. The van der Waals surface area contributed by atoms with Crippen LogP contribution < -0.4 is 20.7 Å². The minimum Gasteiger partial charge on any atom is -0.497 e. The number of allylic oxidation sites excluding steroid dienone is 2. The molecule has 0 saturated carbocycles. The predicted molar refractivity (Wildman–Crippen MR) is 182 cm³/mol. The second kappa shape index (κ2) is 15.2. The van der Waals surface area contributed by atoms with Crippen LogP contribution >= 0.6 is 11.3 Å². The van der Waals surface area contributed by atoms with Crippen LogP contribution in [-0.2, 0) is 25.5 Å². The average Bonchev–Trinajstić information content (AvgIpc) is 3.56. The van der Waals surface area contributed by atoms with Gasteiger partial charge in [-0.2, -0.15) is 0 Å². The lowest BCUT2D eigenvalue weighted by Crippen LogP contribution is -2.58. The number of hydrogen-bond donors (Lipinski definition) is 3. The molecular formula is C36H43N5O5S. The third-order valence-electron chi connectivity index (χ3n) is 9.60. The predicted octanol–water partition coefficient (Wildman–Crippen LogP) is 4.44. The van der Waals surface area contributed by atoms with Crippen molar-refractivity contribution in [2.24, 2.45) is 11.3 Å². The van der Waals surface area contributed by atoms with E-state index >= 15 is 0 Å². The molecule has 2 aromatic carbocycles. The van der Waals surface area contributed by atoms with Crippen molar-refractivity contribution in [2.45, 2.75) is 50.6 Å². The first kappa shape index (κ1) is 32.9. The minimum absolute atomic E-state index is 0.0656. The second-order valence-corrected chi connectivity index (χ2v) is 13.6. The first-order chi connectivity index (χ1) is 22.9. The highest BCUT2D eigenvalue weighted by molar-refractivity contribution is 7.14. The van der Waals surface area contributed by atoms with Gasteiger partial charge in [0, 0.05) is 49.7 Å². The van der Waals surface area contributed by atoms with E-state index in [9.17, 15) is 14.4 Å². The van der Waals surface area contributed by atoms with Gasteiger partial charge < -0.3 is 25.4 Å².